The number of aromatic nitrogens is 1. The molecule has 1 amide bonds. The summed E-state index contributed by atoms with van der Waals surface area (Å²) in [5.41, 5.74) is 4.60. The van der Waals surface area contributed by atoms with Crippen LogP contribution in [0.25, 0.3) is 11.3 Å². The molecule has 228 valence electrons. The highest BCUT2D eigenvalue weighted by atomic mass is 32.2. The number of carbonyl (C=O) groups is 2. The first kappa shape index (κ1) is 31.7. The maximum Gasteiger partial charge on any atom is 0.244 e. The second kappa shape index (κ2) is 14.8. The van der Waals surface area contributed by atoms with Crippen molar-refractivity contribution in [3.05, 3.63) is 114 Å². The molecule has 45 heavy (non-hydrogen) atoms. The van der Waals surface area contributed by atoms with Gasteiger partial charge in [0.05, 0.1) is 19.9 Å². The summed E-state index contributed by atoms with van der Waals surface area (Å²) in [6.07, 6.45) is 0. The Kier molecular flexibility index (Phi) is 10.5. The summed E-state index contributed by atoms with van der Waals surface area (Å²) >= 11 is 8.29. The molecular weight excluding hydrogens is 625 g/mol. The van der Waals surface area contributed by atoms with Crippen molar-refractivity contribution in [2.24, 2.45) is 0 Å². The number of benzene rings is 4. The molecule has 0 aliphatic heterocycles. The third-order valence-corrected chi connectivity index (χ3v) is 8.86. The Labute approximate surface area is 275 Å². The summed E-state index contributed by atoms with van der Waals surface area (Å²) in [7, 11) is 3.18. The smallest absolute Gasteiger partial charge is 0.244 e. The maximum atomic E-state index is 13.7. The lowest BCUT2D eigenvalue weighted by atomic mass is 10.1. The summed E-state index contributed by atoms with van der Waals surface area (Å²) in [6, 6.07) is 30.0. The Balaban J connectivity index is 1.29. The van der Waals surface area contributed by atoms with Gasteiger partial charge in [0.1, 0.15) is 5.25 Å². The van der Waals surface area contributed by atoms with Gasteiger partial charge in [0.2, 0.25) is 5.91 Å². The summed E-state index contributed by atoms with van der Waals surface area (Å²) in [5.74, 6) is 1.05. The number of Topliss-reactive ketones (excluding diaryl/α,β-unsaturated/α-hetero) is 1. The Morgan fingerprint density at radius 3 is 2.27 bits per heavy atom. The first-order valence-corrected chi connectivity index (χ1v) is 16.0. The quantitative estimate of drug-likeness (QED) is 0.0737. The highest BCUT2D eigenvalue weighted by molar-refractivity contribution is 8.00. The highest BCUT2D eigenvalue weighted by Gasteiger charge is 2.23. The van der Waals surface area contributed by atoms with Gasteiger partial charge in [-0.2, -0.15) is 0 Å². The molecule has 1 unspecified atom stereocenters. The number of ketones is 1. The van der Waals surface area contributed by atoms with Gasteiger partial charge in [-0.1, -0.05) is 36.4 Å². The number of hydrogen-bond donors (Lipinski definition) is 3. The van der Waals surface area contributed by atoms with Crippen LogP contribution in [-0.2, 0) is 4.79 Å². The van der Waals surface area contributed by atoms with E-state index in [0.29, 0.717) is 27.3 Å². The summed E-state index contributed by atoms with van der Waals surface area (Å²) in [4.78, 5) is 30.8. The van der Waals surface area contributed by atoms with Crippen molar-refractivity contribution in [2.75, 3.05) is 30.2 Å². The minimum atomic E-state index is -0.542. The summed E-state index contributed by atoms with van der Waals surface area (Å²) in [5, 5.41) is 11.6. The predicted molar refractivity (Wildman–Crippen MR) is 187 cm³/mol. The van der Waals surface area contributed by atoms with Gasteiger partial charge in [0, 0.05) is 32.8 Å². The Bertz CT molecular complexity index is 1810. The molecule has 1 atom stereocenters. The molecule has 4 aromatic carbocycles. The van der Waals surface area contributed by atoms with E-state index < -0.39 is 5.25 Å². The van der Waals surface area contributed by atoms with E-state index in [9.17, 15) is 9.59 Å². The lowest BCUT2D eigenvalue weighted by molar-refractivity contribution is -0.115. The molecule has 0 fully saturated rings. The van der Waals surface area contributed by atoms with Crippen LogP contribution in [0, 0.1) is 0 Å². The number of anilines is 3. The van der Waals surface area contributed by atoms with Gasteiger partial charge >= 0.3 is 0 Å². The molecule has 0 saturated heterocycles. The molecule has 0 saturated carbocycles. The third-order valence-electron chi connectivity index (χ3n) is 6.65. The molecule has 8 nitrogen and oxygen atoms in total. The van der Waals surface area contributed by atoms with E-state index in [1.165, 1.54) is 30.0 Å². The van der Waals surface area contributed by atoms with Crippen LogP contribution in [0.3, 0.4) is 0 Å². The first-order chi connectivity index (χ1) is 21.8. The molecule has 0 aliphatic carbocycles. The SMILES string of the molecule is COc1ccc(-c2csc(NC(=O)C(Sc3cccc(NC(=S)Nc4ccc(C(C)=O)cc4)c3)c3ccccc3)n2)cc1OC. The zero-order valence-corrected chi connectivity index (χ0v) is 27.1. The number of nitrogens with one attached hydrogen (secondary N) is 3. The van der Waals surface area contributed by atoms with E-state index in [2.05, 4.69) is 20.9 Å². The van der Waals surface area contributed by atoms with Crippen molar-refractivity contribution in [3.8, 4) is 22.8 Å². The normalized spacial score (nSPS) is 11.3. The molecule has 1 heterocycles. The first-order valence-electron chi connectivity index (χ1n) is 13.8. The van der Waals surface area contributed by atoms with Crippen LogP contribution in [0.5, 0.6) is 11.5 Å². The molecule has 1 aromatic heterocycles. The number of carbonyl (C=O) groups excluding carboxylic acids is 2. The van der Waals surface area contributed by atoms with Crippen LogP contribution >= 0.6 is 35.3 Å². The monoisotopic (exact) mass is 654 g/mol. The van der Waals surface area contributed by atoms with Gasteiger partial charge in [0.25, 0.3) is 0 Å². The minimum Gasteiger partial charge on any atom is -0.493 e. The second-order valence-electron chi connectivity index (χ2n) is 9.75. The number of nitrogens with zero attached hydrogens (tertiary/aromatic N) is 1. The second-order valence-corrected chi connectivity index (χ2v) is 12.2. The molecule has 0 aliphatic rings. The number of rotatable bonds is 11. The van der Waals surface area contributed by atoms with E-state index in [1.807, 2.05) is 78.2 Å². The molecule has 5 rings (SSSR count). The number of hydrogen-bond acceptors (Lipinski definition) is 8. The van der Waals surface area contributed by atoms with Gasteiger partial charge in [-0.25, -0.2) is 4.98 Å². The lowest BCUT2D eigenvalue weighted by Gasteiger charge is -2.17. The lowest BCUT2D eigenvalue weighted by Crippen LogP contribution is -2.19. The van der Waals surface area contributed by atoms with Gasteiger partial charge in [-0.05, 0) is 85.4 Å². The predicted octanol–water partition coefficient (Wildman–Crippen LogP) is 8.31. The Morgan fingerprint density at radius 2 is 1.56 bits per heavy atom. The van der Waals surface area contributed by atoms with Gasteiger partial charge < -0.3 is 25.4 Å². The van der Waals surface area contributed by atoms with Crippen molar-refractivity contribution < 1.29 is 19.1 Å². The fourth-order valence-electron chi connectivity index (χ4n) is 4.40. The number of thiocarbonyl (C=S) groups is 1. The average molecular weight is 655 g/mol. The van der Waals surface area contributed by atoms with E-state index in [4.69, 9.17) is 21.7 Å². The van der Waals surface area contributed by atoms with E-state index in [0.717, 1.165) is 33.1 Å². The van der Waals surface area contributed by atoms with Gasteiger partial charge in [-0.15, -0.1) is 23.1 Å². The fourth-order valence-corrected chi connectivity index (χ4v) is 6.44. The Morgan fingerprint density at radius 1 is 0.822 bits per heavy atom. The van der Waals surface area contributed by atoms with Crippen molar-refractivity contribution in [1.29, 1.82) is 0 Å². The molecule has 0 bridgehead atoms. The minimum absolute atomic E-state index is 0.00469. The zero-order chi connectivity index (χ0) is 31.8. The highest BCUT2D eigenvalue weighted by Crippen LogP contribution is 2.38. The standard InChI is InChI=1S/C34H30N4O4S3/c1-21(39)22-12-15-25(16-13-22)35-33(43)36-26-10-7-11-27(19-26)45-31(23-8-5-4-6-9-23)32(40)38-34-37-28(20-44-34)24-14-17-29(41-2)30(18-24)42-3/h4-20,31H,1-3H3,(H2,35,36,43)(H,37,38,40). The van der Waals surface area contributed by atoms with Crippen molar-refractivity contribution in [2.45, 2.75) is 17.1 Å². The van der Waals surface area contributed by atoms with E-state index >= 15 is 0 Å². The summed E-state index contributed by atoms with van der Waals surface area (Å²) in [6.45, 7) is 1.53. The fraction of sp³-hybridized carbons (Fsp3) is 0.118. The maximum absolute atomic E-state index is 13.7. The molecule has 0 radical (unpaired) electrons. The molecular formula is C34H30N4O4S3. The van der Waals surface area contributed by atoms with E-state index in [-0.39, 0.29) is 11.7 Å². The van der Waals surface area contributed by atoms with Crippen LogP contribution in [0.1, 0.15) is 28.1 Å². The number of amides is 1. The number of ether oxygens (including phenoxy) is 2. The average Bonchev–Trinajstić information content (AvgIpc) is 3.52. The van der Waals surface area contributed by atoms with Crippen molar-refractivity contribution in [1.82, 2.24) is 4.98 Å². The number of thioether (sulfide) groups is 1. The number of thiazole rings is 1. The molecule has 11 heteroatoms. The topological polar surface area (TPSA) is 102 Å². The molecule has 3 N–H and O–H groups in total. The van der Waals surface area contributed by atoms with E-state index in [1.54, 1.807) is 38.5 Å². The van der Waals surface area contributed by atoms with Crippen LogP contribution < -0.4 is 25.4 Å². The van der Waals surface area contributed by atoms with Crippen LogP contribution in [0.4, 0.5) is 16.5 Å². The van der Waals surface area contributed by atoms with Crippen molar-refractivity contribution in [3.63, 3.8) is 0 Å². The van der Waals surface area contributed by atoms with Crippen LogP contribution in [0.15, 0.2) is 107 Å². The molecule has 0 spiro atoms. The Hall–Kier alpha value is -4.71. The summed E-state index contributed by atoms with van der Waals surface area (Å²) < 4.78 is 10.8. The third kappa shape index (κ3) is 8.27. The van der Waals surface area contributed by atoms with Gasteiger partial charge in [-0.3, -0.25) is 9.59 Å². The van der Waals surface area contributed by atoms with Crippen molar-refractivity contribution >= 4 is 68.6 Å². The number of methoxy groups -OCH3 is 2. The molecule has 5 aromatic rings. The zero-order valence-electron chi connectivity index (χ0n) is 24.7. The van der Waals surface area contributed by atoms with Crippen LogP contribution in [0.2, 0.25) is 0 Å². The largest absolute Gasteiger partial charge is 0.493 e. The van der Waals surface area contributed by atoms with Crippen LogP contribution in [-0.4, -0.2) is 36.0 Å². The van der Waals surface area contributed by atoms with Gasteiger partial charge in [0.15, 0.2) is 27.5 Å².